The summed E-state index contributed by atoms with van der Waals surface area (Å²) in [5.74, 6) is 0.911. The summed E-state index contributed by atoms with van der Waals surface area (Å²) in [5.41, 5.74) is 2.88. The molecule has 21 heavy (non-hydrogen) atoms. The highest BCUT2D eigenvalue weighted by atomic mass is 79.9. The first-order chi connectivity index (χ1) is 10.1. The van der Waals surface area contributed by atoms with E-state index >= 15 is 0 Å². The molecule has 3 aromatic rings. The number of pyridine rings is 1. The Morgan fingerprint density at radius 3 is 2.90 bits per heavy atom. The molecule has 3 rings (SSSR count). The number of halogens is 1. The lowest BCUT2D eigenvalue weighted by Gasteiger charge is -2.16. The van der Waals surface area contributed by atoms with Gasteiger partial charge in [-0.1, -0.05) is 0 Å². The van der Waals surface area contributed by atoms with Gasteiger partial charge in [-0.2, -0.15) is 0 Å². The van der Waals surface area contributed by atoms with Gasteiger partial charge in [-0.3, -0.25) is 4.40 Å². The van der Waals surface area contributed by atoms with Crippen LogP contribution in [0, 0.1) is 0 Å². The first kappa shape index (κ1) is 13.8. The topological polar surface area (TPSA) is 58.4 Å². The number of fused-ring (bicyclic) bond motifs is 1. The van der Waals surface area contributed by atoms with Crippen LogP contribution in [0.3, 0.4) is 0 Å². The molecule has 0 bridgehead atoms. The fourth-order valence-electron chi connectivity index (χ4n) is 2.12. The molecule has 108 valence electrons. The maximum atomic E-state index is 4.38. The average molecular weight is 347 g/mol. The molecule has 0 spiro atoms. The Bertz CT molecular complexity index is 767. The fraction of sp³-hybridized carbons (Fsp3) is 0.214. The van der Waals surface area contributed by atoms with Gasteiger partial charge >= 0.3 is 0 Å². The van der Waals surface area contributed by atoms with Crippen LogP contribution >= 0.6 is 15.9 Å². The van der Waals surface area contributed by atoms with Gasteiger partial charge < -0.3 is 10.2 Å². The van der Waals surface area contributed by atoms with Crippen LogP contribution in [0.5, 0.6) is 0 Å². The second-order valence-corrected chi connectivity index (χ2v) is 5.62. The van der Waals surface area contributed by atoms with E-state index in [-0.39, 0.29) is 0 Å². The maximum Gasteiger partial charge on any atom is 0.155 e. The number of nitrogens with one attached hydrogen (secondary N) is 1. The lowest BCUT2D eigenvalue weighted by Crippen LogP contribution is -2.14. The minimum absolute atomic E-state index is 0.657. The van der Waals surface area contributed by atoms with E-state index < -0.39 is 0 Å². The highest BCUT2D eigenvalue weighted by Gasteiger charge is 2.07. The predicted molar refractivity (Wildman–Crippen MR) is 86.6 cm³/mol. The van der Waals surface area contributed by atoms with Crippen molar-refractivity contribution in [3.63, 3.8) is 0 Å². The van der Waals surface area contributed by atoms with Crippen molar-refractivity contribution in [2.75, 3.05) is 24.3 Å². The lowest BCUT2D eigenvalue weighted by atomic mass is 10.3. The van der Waals surface area contributed by atoms with Crippen molar-refractivity contribution in [3.8, 4) is 0 Å². The van der Waals surface area contributed by atoms with Crippen molar-refractivity contribution >= 4 is 33.1 Å². The Kier molecular flexibility index (Phi) is 3.74. The molecule has 6 nitrogen and oxygen atoms in total. The molecule has 0 unspecified atom stereocenters. The van der Waals surface area contributed by atoms with Gasteiger partial charge in [-0.15, -0.1) is 0 Å². The fourth-order valence-corrected chi connectivity index (χ4v) is 2.43. The lowest BCUT2D eigenvalue weighted by molar-refractivity contribution is 0.976. The molecule has 0 radical (unpaired) electrons. The SMILES string of the molecule is CN(C)c1ncccc1NCc1cnc2cnc(Br)cn12. The van der Waals surface area contributed by atoms with Gasteiger partial charge in [0.05, 0.1) is 30.3 Å². The van der Waals surface area contributed by atoms with Gasteiger partial charge in [-0.05, 0) is 28.1 Å². The van der Waals surface area contributed by atoms with Crippen LogP contribution < -0.4 is 10.2 Å². The summed E-state index contributed by atoms with van der Waals surface area (Å²) >= 11 is 3.38. The summed E-state index contributed by atoms with van der Waals surface area (Å²) < 4.78 is 2.79. The van der Waals surface area contributed by atoms with Crippen molar-refractivity contribution in [2.24, 2.45) is 0 Å². The second kappa shape index (κ2) is 5.69. The monoisotopic (exact) mass is 346 g/mol. The maximum absolute atomic E-state index is 4.38. The van der Waals surface area contributed by atoms with Gasteiger partial charge in [0.25, 0.3) is 0 Å². The quantitative estimate of drug-likeness (QED) is 0.786. The van der Waals surface area contributed by atoms with E-state index in [4.69, 9.17) is 0 Å². The Labute approximate surface area is 131 Å². The standard InChI is InChI=1S/C14H15BrN6/c1-20(2)14-11(4-3-5-16-14)17-6-10-7-19-13-8-18-12(15)9-21(10)13/h3-5,7-9,17H,6H2,1-2H3. The molecule has 0 fully saturated rings. The van der Waals surface area contributed by atoms with Crippen molar-refractivity contribution in [1.29, 1.82) is 0 Å². The molecule has 0 aliphatic heterocycles. The number of aromatic nitrogens is 4. The van der Waals surface area contributed by atoms with Gasteiger partial charge in [0, 0.05) is 26.5 Å². The van der Waals surface area contributed by atoms with E-state index in [1.54, 1.807) is 12.4 Å². The van der Waals surface area contributed by atoms with Crippen LogP contribution in [0.15, 0.2) is 41.5 Å². The average Bonchev–Trinajstić information content (AvgIpc) is 2.87. The highest BCUT2D eigenvalue weighted by Crippen LogP contribution is 2.21. The molecule has 0 saturated carbocycles. The largest absolute Gasteiger partial charge is 0.376 e. The van der Waals surface area contributed by atoms with Crippen LogP contribution in [-0.2, 0) is 6.54 Å². The van der Waals surface area contributed by atoms with Crippen molar-refractivity contribution in [2.45, 2.75) is 6.54 Å². The minimum Gasteiger partial charge on any atom is -0.376 e. The van der Waals surface area contributed by atoms with Crippen LogP contribution in [-0.4, -0.2) is 33.4 Å². The summed E-state index contributed by atoms with van der Waals surface area (Å²) in [5, 5.41) is 3.41. The number of imidazole rings is 1. The van der Waals surface area contributed by atoms with Crippen LogP contribution in [0.1, 0.15) is 5.69 Å². The first-order valence-electron chi connectivity index (χ1n) is 6.49. The predicted octanol–water partition coefficient (Wildman–Crippen LogP) is 2.56. The third-order valence-electron chi connectivity index (χ3n) is 3.11. The first-order valence-corrected chi connectivity index (χ1v) is 7.28. The van der Waals surface area contributed by atoms with Gasteiger partial charge in [0.2, 0.25) is 0 Å². The molecule has 0 atom stereocenters. The van der Waals surface area contributed by atoms with Crippen LogP contribution in [0.2, 0.25) is 0 Å². The van der Waals surface area contributed by atoms with E-state index in [2.05, 4.69) is 36.2 Å². The van der Waals surface area contributed by atoms with Crippen LogP contribution in [0.4, 0.5) is 11.5 Å². The molecule has 0 saturated heterocycles. The molecular weight excluding hydrogens is 332 g/mol. The van der Waals surface area contributed by atoms with Crippen LogP contribution in [0.25, 0.3) is 5.65 Å². The summed E-state index contributed by atoms with van der Waals surface area (Å²) in [6, 6.07) is 3.94. The third-order valence-corrected chi connectivity index (χ3v) is 3.52. The number of hydrogen-bond acceptors (Lipinski definition) is 5. The Morgan fingerprint density at radius 1 is 1.24 bits per heavy atom. The van der Waals surface area contributed by atoms with E-state index in [0.717, 1.165) is 27.4 Å². The number of anilines is 2. The molecule has 0 amide bonds. The second-order valence-electron chi connectivity index (χ2n) is 4.81. The summed E-state index contributed by atoms with van der Waals surface area (Å²) in [7, 11) is 3.95. The van der Waals surface area contributed by atoms with E-state index in [1.165, 1.54) is 0 Å². The molecular formula is C14H15BrN6. The van der Waals surface area contributed by atoms with E-state index in [1.807, 2.05) is 47.9 Å². The van der Waals surface area contributed by atoms with Crippen molar-refractivity contribution < 1.29 is 0 Å². The molecule has 0 aliphatic carbocycles. The summed E-state index contributed by atoms with van der Waals surface area (Å²) in [4.78, 5) is 14.9. The van der Waals surface area contributed by atoms with E-state index in [0.29, 0.717) is 6.54 Å². The third kappa shape index (κ3) is 2.82. The zero-order valence-corrected chi connectivity index (χ0v) is 13.4. The number of hydrogen-bond donors (Lipinski definition) is 1. The summed E-state index contributed by atoms with van der Waals surface area (Å²) in [6.45, 7) is 0.657. The van der Waals surface area contributed by atoms with Gasteiger partial charge in [0.15, 0.2) is 11.5 Å². The molecule has 0 aliphatic rings. The summed E-state index contributed by atoms with van der Waals surface area (Å²) in [6.07, 6.45) is 7.29. The molecule has 3 heterocycles. The molecule has 3 aromatic heterocycles. The smallest absolute Gasteiger partial charge is 0.155 e. The Morgan fingerprint density at radius 2 is 2.10 bits per heavy atom. The number of rotatable bonds is 4. The van der Waals surface area contributed by atoms with E-state index in [9.17, 15) is 0 Å². The van der Waals surface area contributed by atoms with Crippen molar-refractivity contribution in [1.82, 2.24) is 19.4 Å². The molecule has 7 heteroatoms. The highest BCUT2D eigenvalue weighted by molar-refractivity contribution is 9.10. The number of nitrogens with zero attached hydrogens (tertiary/aromatic N) is 5. The Balaban J connectivity index is 1.85. The zero-order valence-electron chi connectivity index (χ0n) is 11.8. The van der Waals surface area contributed by atoms with Gasteiger partial charge in [-0.25, -0.2) is 15.0 Å². The minimum atomic E-state index is 0.657. The normalized spacial score (nSPS) is 10.8. The molecule has 0 aromatic carbocycles. The van der Waals surface area contributed by atoms with Gasteiger partial charge in [0.1, 0.15) is 4.60 Å². The zero-order chi connectivity index (χ0) is 14.8. The molecule has 1 N–H and O–H groups in total. The Hall–Kier alpha value is -2.15. The van der Waals surface area contributed by atoms with Crippen molar-refractivity contribution in [3.05, 3.63) is 47.2 Å².